The van der Waals surface area contributed by atoms with Crippen molar-refractivity contribution in [3.8, 4) is 0 Å². The highest BCUT2D eigenvalue weighted by Crippen LogP contribution is 2.46. The summed E-state index contributed by atoms with van der Waals surface area (Å²) in [7, 11) is 0. The van der Waals surface area contributed by atoms with Crippen LogP contribution in [-0.4, -0.2) is 28.9 Å². The van der Waals surface area contributed by atoms with Gasteiger partial charge in [-0.1, -0.05) is 6.42 Å². The normalized spacial score (nSPS) is 18.0. The van der Waals surface area contributed by atoms with Crippen LogP contribution in [0.15, 0.2) is 47.3 Å². The van der Waals surface area contributed by atoms with Crippen LogP contribution in [0.3, 0.4) is 0 Å². The van der Waals surface area contributed by atoms with E-state index in [0.717, 1.165) is 30.9 Å². The monoisotopic (exact) mass is 421 g/mol. The summed E-state index contributed by atoms with van der Waals surface area (Å²) in [4.78, 5) is 21.1. The molecule has 5 nitrogen and oxygen atoms in total. The van der Waals surface area contributed by atoms with Crippen LogP contribution in [0.5, 0.6) is 0 Å². The lowest BCUT2D eigenvalue weighted by Crippen LogP contribution is -2.35. The molecule has 2 aliphatic rings. The summed E-state index contributed by atoms with van der Waals surface area (Å²) in [5.41, 5.74) is 4.00. The third-order valence-corrected chi connectivity index (χ3v) is 7.46. The lowest BCUT2D eigenvalue weighted by atomic mass is 9.88. The van der Waals surface area contributed by atoms with E-state index in [-0.39, 0.29) is 11.9 Å². The molecular formula is C24H27N3O2S. The molecule has 0 spiro atoms. The van der Waals surface area contributed by atoms with E-state index in [0.29, 0.717) is 5.76 Å². The lowest BCUT2D eigenvalue weighted by Gasteiger charge is -2.36. The fraction of sp³-hybridized carbons (Fsp3) is 0.417. The van der Waals surface area contributed by atoms with Crippen molar-refractivity contribution in [3.63, 3.8) is 0 Å². The number of aryl methyl sites for hydroxylation is 1. The van der Waals surface area contributed by atoms with Gasteiger partial charge < -0.3 is 9.73 Å². The van der Waals surface area contributed by atoms with E-state index in [9.17, 15) is 4.79 Å². The number of thiophene rings is 1. The van der Waals surface area contributed by atoms with Crippen LogP contribution < -0.4 is 5.32 Å². The van der Waals surface area contributed by atoms with Crippen molar-refractivity contribution in [3.05, 3.63) is 70.3 Å². The molecule has 0 saturated carbocycles. The highest BCUT2D eigenvalue weighted by Gasteiger charge is 2.32. The molecular weight excluding hydrogens is 394 g/mol. The Hall–Kier alpha value is -2.44. The number of pyridine rings is 1. The number of hydrogen-bond donors (Lipinski definition) is 1. The summed E-state index contributed by atoms with van der Waals surface area (Å²) < 4.78 is 5.34. The van der Waals surface area contributed by atoms with Gasteiger partial charge in [-0.05, 0) is 87.0 Å². The zero-order valence-electron chi connectivity index (χ0n) is 17.1. The molecule has 0 radical (unpaired) electrons. The van der Waals surface area contributed by atoms with E-state index in [1.54, 1.807) is 29.7 Å². The topological polar surface area (TPSA) is 58.4 Å². The van der Waals surface area contributed by atoms with Gasteiger partial charge in [0.15, 0.2) is 5.76 Å². The maximum Gasteiger partial charge on any atom is 0.291 e. The van der Waals surface area contributed by atoms with Gasteiger partial charge in [0.1, 0.15) is 5.00 Å². The molecule has 1 atom stereocenters. The zero-order valence-corrected chi connectivity index (χ0v) is 17.9. The summed E-state index contributed by atoms with van der Waals surface area (Å²) in [5.74, 6) is 0.178. The number of anilines is 1. The molecule has 156 valence electrons. The molecule has 0 unspecified atom stereocenters. The van der Waals surface area contributed by atoms with Gasteiger partial charge in [-0.15, -0.1) is 11.3 Å². The van der Waals surface area contributed by atoms with Gasteiger partial charge in [0.05, 0.1) is 12.3 Å². The fourth-order valence-corrected chi connectivity index (χ4v) is 6.14. The van der Waals surface area contributed by atoms with Crippen LogP contribution in [0.4, 0.5) is 5.00 Å². The Labute approximate surface area is 181 Å². The number of furan rings is 1. The van der Waals surface area contributed by atoms with Gasteiger partial charge >= 0.3 is 0 Å². The number of carbonyl (C=O) groups excluding carboxylic acids is 1. The minimum absolute atomic E-state index is 0.151. The maximum atomic E-state index is 12.9. The number of rotatable bonds is 5. The smallest absolute Gasteiger partial charge is 0.291 e. The molecule has 3 aromatic rings. The molecule has 30 heavy (non-hydrogen) atoms. The number of hydrogen-bond acceptors (Lipinski definition) is 5. The minimum atomic E-state index is -0.174. The first-order valence-electron chi connectivity index (χ1n) is 10.9. The van der Waals surface area contributed by atoms with E-state index >= 15 is 0 Å². The Kier molecular flexibility index (Phi) is 5.69. The highest BCUT2D eigenvalue weighted by atomic mass is 32.1. The molecule has 1 fully saturated rings. The molecule has 3 aromatic heterocycles. The first-order valence-corrected chi connectivity index (χ1v) is 11.8. The van der Waals surface area contributed by atoms with Crippen LogP contribution >= 0.6 is 11.3 Å². The van der Waals surface area contributed by atoms with Gasteiger partial charge in [0, 0.05) is 22.8 Å². The van der Waals surface area contributed by atoms with E-state index in [1.165, 1.54) is 53.7 Å². The summed E-state index contributed by atoms with van der Waals surface area (Å²) >= 11 is 1.76. The molecule has 6 heteroatoms. The summed E-state index contributed by atoms with van der Waals surface area (Å²) in [6.07, 6.45) is 13.7. The fourth-order valence-electron chi connectivity index (χ4n) is 4.83. The van der Waals surface area contributed by atoms with Crippen molar-refractivity contribution in [2.24, 2.45) is 0 Å². The molecule has 1 aliphatic carbocycles. The maximum absolute atomic E-state index is 12.9. The number of aromatic nitrogens is 1. The van der Waals surface area contributed by atoms with E-state index < -0.39 is 0 Å². The van der Waals surface area contributed by atoms with Crippen molar-refractivity contribution in [2.45, 2.75) is 51.0 Å². The molecule has 1 saturated heterocycles. The standard InChI is InChI=1S/C24H27N3O2S/c28-23(19-8-6-16-29-19)26-24-21(18-7-2-3-9-20(18)30-24)22(17-10-12-25-13-11-17)27-14-4-1-5-15-27/h6,8,10-13,16,22H,1-5,7,9,14-15H2,(H,26,28)/t22-/m1/s1. The first kappa shape index (κ1) is 19.5. The summed E-state index contributed by atoms with van der Waals surface area (Å²) in [6, 6.07) is 7.88. The van der Waals surface area contributed by atoms with Gasteiger partial charge in [0.2, 0.25) is 0 Å². The average molecular weight is 422 g/mol. The molecule has 4 heterocycles. The Bertz CT molecular complexity index is 991. The second-order valence-electron chi connectivity index (χ2n) is 8.16. The van der Waals surface area contributed by atoms with E-state index in [2.05, 4.69) is 27.3 Å². The number of nitrogens with zero attached hydrogens (tertiary/aromatic N) is 2. The third-order valence-electron chi connectivity index (χ3n) is 6.24. The Morgan fingerprint density at radius 1 is 1.07 bits per heavy atom. The number of likely N-dealkylation sites (tertiary alicyclic amines) is 1. The quantitative estimate of drug-likeness (QED) is 0.596. The second kappa shape index (κ2) is 8.74. The Morgan fingerprint density at radius 3 is 2.63 bits per heavy atom. The number of amides is 1. The number of fused-ring (bicyclic) bond motifs is 1. The predicted octanol–water partition coefficient (Wildman–Crippen LogP) is 5.44. The average Bonchev–Trinajstić information content (AvgIpc) is 3.45. The first-order chi connectivity index (χ1) is 14.8. The molecule has 0 aromatic carbocycles. The summed E-state index contributed by atoms with van der Waals surface area (Å²) in [5, 5.41) is 4.19. The van der Waals surface area contributed by atoms with Gasteiger partial charge in [-0.2, -0.15) is 0 Å². The minimum Gasteiger partial charge on any atom is -0.459 e. The van der Waals surface area contributed by atoms with Crippen molar-refractivity contribution >= 4 is 22.2 Å². The lowest BCUT2D eigenvalue weighted by molar-refractivity contribution is 0.0996. The van der Waals surface area contributed by atoms with Crippen LogP contribution in [0, 0.1) is 0 Å². The van der Waals surface area contributed by atoms with Gasteiger partial charge in [0.25, 0.3) is 5.91 Å². The summed E-state index contributed by atoms with van der Waals surface area (Å²) in [6.45, 7) is 2.17. The van der Waals surface area contributed by atoms with Crippen LogP contribution in [-0.2, 0) is 12.8 Å². The highest BCUT2D eigenvalue weighted by molar-refractivity contribution is 7.16. The largest absolute Gasteiger partial charge is 0.459 e. The SMILES string of the molecule is O=C(Nc1sc2c(c1[C@@H](c1ccncc1)N1CCCCC1)CCCC2)c1ccco1. The zero-order chi connectivity index (χ0) is 20.3. The second-order valence-corrected chi connectivity index (χ2v) is 9.27. The number of carbonyl (C=O) groups is 1. The van der Waals surface area contributed by atoms with Gasteiger partial charge in [-0.3, -0.25) is 14.7 Å². The Morgan fingerprint density at radius 2 is 1.87 bits per heavy atom. The molecule has 1 amide bonds. The molecule has 1 N–H and O–H groups in total. The van der Waals surface area contributed by atoms with Crippen LogP contribution in [0.2, 0.25) is 0 Å². The Balaban J connectivity index is 1.60. The molecule has 5 rings (SSSR count). The van der Waals surface area contributed by atoms with Crippen molar-refractivity contribution in [2.75, 3.05) is 18.4 Å². The molecule has 0 bridgehead atoms. The van der Waals surface area contributed by atoms with Crippen LogP contribution in [0.1, 0.15) is 70.3 Å². The number of piperidine rings is 1. The third kappa shape index (κ3) is 3.82. The van der Waals surface area contributed by atoms with Crippen molar-refractivity contribution in [1.82, 2.24) is 9.88 Å². The van der Waals surface area contributed by atoms with E-state index in [4.69, 9.17) is 4.42 Å². The molecule has 1 aliphatic heterocycles. The number of nitrogens with one attached hydrogen (secondary N) is 1. The van der Waals surface area contributed by atoms with Crippen molar-refractivity contribution < 1.29 is 9.21 Å². The van der Waals surface area contributed by atoms with E-state index in [1.807, 2.05) is 12.4 Å². The van der Waals surface area contributed by atoms with Crippen molar-refractivity contribution in [1.29, 1.82) is 0 Å². The predicted molar refractivity (Wildman–Crippen MR) is 119 cm³/mol. The van der Waals surface area contributed by atoms with Gasteiger partial charge in [-0.25, -0.2) is 0 Å². The van der Waals surface area contributed by atoms with Crippen LogP contribution in [0.25, 0.3) is 0 Å².